The second-order valence-electron chi connectivity index (χ2n) is 13.5. The third kappa shape index (κ3) is 7.86. The fourth-order valence-electron chi connectivity index (χ4n) is 5.92. The van der Waals surface area contributed by atoms with E-state index in [4.69, 9.17) is 11.3 Å². The number of nitrogens with zero attached hydrogens (tertiary/aromatic N) is 2. The molecule has 0 unspecified atom stereocenters. The Bertz CT molecular complexity index is 2390. The van der Waals surface area contributed by atoms with Gasteiger partial charge in [0, 0.05) is 44.7 Å². The Labute approximate surface area is 313 Å². The summed E-state index contributed by atoms with van der Waals surface area (Å²) in [6, 6.07) is 37.5. The Kier molecular flexibility index (Phi) is 9.21. The van der Waals surface area contributed by atoms with Crippen molar-refractivity contribution in [2.45, 2.75) is 66.0 Å². The predicted octanol–water partition coefficient (Wildman–Crippen LogP) is 11.8. The molecule has 251 valence electrons. The first-order valence-corrected chi connectivity index (χ1v) is 19.7. The number of fused-ring (bicyclic) bond motifs is 3. The van der Waals surface area contributed by atoms with Crippen LogP contribution < -0.4 is 5.19 Å². The summed E-state index contributed by atoms with van der Waals surface area (Å²) in [6.45, 7) is 12.1. The molecular formula is C44H44IrN2OSi-2. The summed E-state index contributed by atoms with van der Waals surface area (Å²) >= 11 is 0. The number of aryl methyl sites for hydroxylation is 1. The van der Waals surface area contributed by atoms with Gasteiger partial charge in [-0.25, -0.2) is 0 Å². The topological polar surface area (TPSA) is 38.9 Å². The number of aromatic nitrogens is 2. The number of pyridine rings is 2. The Morgan fingerprint density at radius 1 is 0.816 bits per heavy atom. The van der Waals surface area contributed by atoms with Crippen molar-refractivity contribution in [3.05, 3.63) is 138 Å². The minimum Gasteiger partial charge on any atom is -0.501 e. The molecule has 0 aliphatic heterocycles. The van der Waals surface area contributed by atoms with E-state index in [2.05, 4.69) is 66.0 Å². The van der Waals surface area contributed by atoms with E-state index in [9.17, 15) is 0 Å². The van der Waals surface area contributed by atoms with Gasteiger partial charge in [-0.1, -0.05) is 131 Å². The maximum absolute atomic E-state index is 8.48. The molecule has 4 aromatic carbocycles. The second kappa shape index (κ2) is 15.2. The van der Waals surface area contributed by atoms with E-state index in [1.54, 1.807) is 18.3 Å². The average molecular weight is 842 g/mol. The van der Waals surface area contributed by atoms with E-state index in [0.29, 0.717) is 0 Å². The molecular weight excluding hydrogens is 793 g/mol. The van der Waals surface area contributed by atoms with E-state index in [1.807, 2.05) is 88.5 Å². The molecule has 0 N–H and O–H groups in total. The monoisotopic (exact) mass is 842 g/mol. The Morgan fingerprint density at radius 3 is 2.29 bits per heavy atom. The molecule has 0 saturated carbocycles. The summed E-state index contributed by atoms with van der Waals surface area (Å²) in [5.41, 5.74) is 9.16. The van der Waals surface area contributed by atoms with Gasteiger partial charge in [-0.2, -0.15) is 0 Å². The van der Waals surface area contributed by atoms with Crippen molar-refractivity contribution in [3.8, 4) is 33.6 Å². The van der Waals surface area contributed by atoms with Gasteiger partial charge in [-0.05, 0) is 51.6 Å². The van der Waals surface area contributed by atoms with Crippen molar-refractivity contribution in [3.63, 3.8) is 0 Å². The van der Waals surface area contributed by atoms with Gasteiger partial charge in [0.05, 0.1) is 13.7 Å². The van der Waals surface area contributed by atoms with E-state index < -0.39 is 26.7 Å². The van der Waals surface area contributed by atoms with Crippen LogP contribution >= 0.6 is 0 Å². The van der Waals surface area contributed by atoms with Crippen LogP contribution in [-0.2, 0) is 20.1 Å². The molecule has 0 aliphatic rings. The summed E-state index contributed by atoms with van der Waals surface area (Å²) in [5.74, 6) is -1.41. The van der Waals surface area contributed by atoms with Crippen LogP contribution in [0.1, 0.15) is 63.0 Å². The van der Waals surface area contributed by atoms with Crippen LogP contribution in [0.5, 0.6) is 0 Å². The first-order valence-electron chi connectivity index (χ1n) is 18.7. The molecule has 0 fully saturated rings. The van der Waals surface area contributed by atoms with E-state index in [1.165, 1.54) is 11.3 Å². The Balaban J connectivity index is 0.000000208. The molecule has 3 aromatic heterocycles. The van der Waals surface area contributed by atoms with Crippen molar-refractivity contribution in [2.24, 2.45) is 0 Å². The van der Waals surface area contributed by atoms with Crippen LogP contribution in [0.3, 0.4) is 0 Å². The van der Waals surface area contributed by atoms with Crippen molar-refractivity contribution in [2.75, 3.05) is 0 Å². The number of benzene rings is 4. The molecule has 3 heterocycles. The van der Waals surface area contributed by atoms with Gasteiger partial charge in [0.25, 0.3) is 0 Å². The van der Waals surface area contributed by atoms with Crippen LogP contribution in [0, 0.1) is 19.0 Å². The van der Waals surface area contributed by atoms with Crippen LogP contribution in [0.15, 0.2) is 114 Å². The van der Waals surface area contributed by atoms with Crippen LogP contribution in [0.4, 0.5) is 0 Å². The van der Waals surface area contributed by atoms with Gasteiger partial charge >= 0.3 is 0 Å². The predicted molar refractivity (Wildman–Crippen MR) is 206 cm³/mol. The number of furan rings is 1. The molecule has 3 nitrogen and oxygen atoms in total. The van der Waals surface area contributed by atoms with E-state index in [-0.39, 0.29) is 25.7 Å². The van der Waals surface area contributed by atoms with Crippen molar-refractivity contribution < 1.29 is 31.4 Å². The number of hydrogen-bond acceptors (Lipinski definition) is 3. The molecule has 0 aliphatic carbocycles. The first kappa shape index (κ1) is 29.7. The molecule has 5 heteroatoms. The second-order valence-corrected chi connectivity index (χ2v) is 18.6. The zero-order valence-electron chi connectivity index (χ0n) is 34.0. The first-order chi connectivity index (χ1) is 24.8. The van der Waals surface area contributed by atoms with Crippen molar-refractivity contribution >= 4 is 35.2 Å². The molecule has 0 amide bonds. The maximum Gasteiger partial charge on any atom is 0.121 e. The largest absolute Gasteiger partial charge is 0.501 e. The molecule has 0 spiro atoms. The van der Waals surface area contributed by atoms with Gasteiger partial charge in [0.15, 0.2) is 0 Å². The summed E-state index contributed by atoms with van der Waals surface area (Å²) in [6.07, 6.45) is 3.64. The van der Waals surface area contributed by atoms with Gasteiger partial charge < -0.3 is 14.4 Å². The summed E-state index contributed by atoms with van der Waals surface area (Å²) in [4.78, 5) is 9.11. The van der Waals surface area contributed by atoms with Crippen LogP contribution in [0.2, 0.25) is 19.6 Å². The fourth-order valence-corrected chi connectivity index (χ4v) is 7.50. The summed E-state index contributed by atoms with van der Waals surface area (Å²) < 4.78 is 45.4. The molecule has 7 rings (SSSR count). The smallest absolute Gasteiger partial charge is 0.121 e. The zero-order valence-corrected chi connectivity index (χ0v) is 32.4. The minimum absolute atomic E-state index is 0. The molecule has 1 radical (unpaired) electrons. The number of hydrogen-bond donors (Lipinski definition) is 0. The third-order valence-electron chi connectivity index (χ3n) is 8.47. The third-order valence-corrected chi connectivity index (χ3v) is 10.5. The SMILES string of the molecule is [2H]C(C)(C)c1ccnc(-c2[c-]ccc3c2oc2cccc(-c4ccccc4)c23)c1.[2H]C([2H])([2H])c1c[c-]c(-c2cc(C([2H])(C)C)c([Si](C)(C)C)cn2)cc1.[Ir]. The zero-order chi connectivity index (χ0) is 38.3. The van der Waals surface area contributed by atoms with Crippen LogP contribution in [0.25, 0.3) is 55.6 Å². The van der Waals surface area contributed by atoms with Gasteiger partial charge in [0.1, 0.15) is 5.58 Å². The molecule has 0 atom stereocenters. The van der Waals surface area contributed by atoms with Gasteiger partial charge in [-0.15, -0.1) is 53.6 Å². The van der Waals surface area contributed by atoms with E-state index >= 15 is 0 Å². The fraction of sp³-hybridized carbons (Fsp3) is 0.227. The molecule has 0 saturated heterocycles. The molecule has 7 aromatic rings. The summed E-state index contributed by atoms with van der Waals surface area (Å²) in [5, 5.41) is 3.33. The molecule has 49 heavy (non-hydrogen) atoms. The summed E-state index contributed by atoms with van der Waals surface area (Å²) in [7, 11) is -1.61. The van der Waals surface area contributed by atoms with Gasteiger partial charge in [0.2, 0.25) is 0 Å². The standard InChI is InChI=1S/C26H20NO.C18H24NSi.Ir/c1-17(2)19-14-15-27-23(16-19)21-11-6-12-22-25-20(18-8-4-3-5-9-18)10-7-13-24(25)28-26(21)22;1-13(2)16-11-17(15-9-7-14(3)8-10-15)19-12-18(16)20(4,5)6;/h3-10,12-17H,1-2H3;7-9,11-13H,1-6H3;/q2*-1;/i17D;3D3,13D;. The maximum atomic E-state index is 8.48. The molecule has 0 bridgehead atoms. The van der Waals surface area contributed by atoms with E-state index in [0.717, 1.165) is 66.7 Å². The van der Waals surface area contributed by atoms with Gasteiger partial charge in [-0.3, -0.25) is 0 Å². The Hall–Kier alpha value is -4.15. The van der Waals surface area contributed by atoms with Crippen molar-refractivity contribution in [1.82, 2.24) is 9.97 Å². The minimum atomic E-state index is -2.13. The Morgan fingerprint density at radius 2 is 1.61 bits per heavy atom. The normalized spacial score (nSPS) is 13.7. The van der Waals surface area contributed by atoms with Crippen LogP contribution in [-0.4, -0.2) is 18.0 Å². The average Bonchev–Trinajstić information content (AvgIpc) is 3.50. The quantitative estimate of drug-likeness (QED) is 0.124. The number of rotatable bonds is 6. The van der Waals surface area contributed by atoms with Crippen molar-refractivity contribution in [1.29, 1.82) is 0 Å².